The van der Waals surface area contributed by atoms with E-state index < -0.39 is 4.92 Å². The van der Waals surface area contributed by atoms with E-state index in [1.807, 2.05) is 6.92 Å². The first-order chi connectivity index (χ1) is 8.91. The number of nitrogens with zero attached hydrogens (tertiary/aromatic N) is 4. The minimum atomic E-state index is -0.433. The monoisotopic (exact) mass is 265 g/mol. The number of hydrogen-bond acceptors (Lipinski definition) is 6. The summed E-state index contributed by atoms with van der Waals surface area (Å²) in [4.78, 5) is 10.6. The van der Waals surface area contributed by atoms with Gasteiger partial charge in [-0.2, -0.15) is 5.10 Å². The lowest BCUT2D eigenvalue weighted by atomic mass is 10.2. The second-order valence-electron chi connectivity index (χ2n) is 4.32. The predicted octanol–water partition coefficient (Wildman–Crippen LogP) is 1.85. The fraction of sp³-hybridized carbons (Fsp3) is 0.455. The van der Waals surface area contributed by atoms with Gasteiger partial charge >= 0.3 is 5.69 Å². The Kier molecular flexibility index (Phi) is 3.24. The first-order valence-corrected chi connectivity index (χ1v) is 5.75. The van der Waals surface area contributed by atoms with Crippen LogP contribution in [-0.4, -0.2) is 19.9 Å². The average Bonchev–Trinajstić information content (AvgIpc) is 2.77. The van der Waals surface area contributed by atoms with Crippen molar-refractivity contribution in [3.8, 4) is 0 Å². The lowest BCUT2D eigenvalue weighted by Gasteiger charge is -2.05. The van der Waals surface area contributed by atoms with Crippen LogP contribution in [0.5, 0.6) is 0 Å². The Hall–Kier alpha value is -2.38. The van der Waals surface area contributed by atoms with Crippen LogP contribution in [0, 0.1) is 30.9 Å². The number of anilines is 1. The summed E-state index contributed by atoms with van der Waals surface area (Å²) in [6.07, 6.45) is 0. The second kappa shape index (κ2) is 4.71. The molecule has 0 aliphatic heterocycles. The summed E-state index contributed by atoms with van der Waals surface area (Å²) < 4.78 is 6.51. The summed E-state index contributed by atoms with van der Waals surface area (Å²) in [5.74, 6) is 1.08. The standard InChI is InChI=1S/C11H15N5O3/c1-6-9(8(3)19-14-6)5-12-11-10(16(17)18)7(2)13-15(11)4/h12H,5H2,1-4H3. The van der Waals surface area contributed by atoms with Crippen molar-refractivity contribution in [3.63, 3.8) is 0 Å². The summed E-state index contributed by atoms with van der Waals surface area (Å²) in [7, 11) is 1.66. The van der Waals surface area contributed by atoms with Crippen molar-refractivity contribution in [1.82, 2.24) is 14.9 Å². The number of aromatic nitrogens is 3. The van der Waals surface area contributed by atoms with Gasteiger partial charge < -0.3 is 9.84 Å². The fourth-order valence-corrected chi connectivity index (χ4v) is 1.99. The predicted molar refractivity (Wildman–Crippen MR) is 67.9 cm³/mol. The zero-order valence-corrected chi connectivity index (χ0v) is 11.2. The van der Waals surface area contributed by atoms with Crippen molar-refractivity contribution in [2.24, 2.45) is 7.05 Å². The van der Waals surface area contributed by atoms with E-state index in [0.29, 0.717) is 23.8 Å². The Labute approximate surface area is 109 Å². The molecule has 19 heavy (non-hydrogen) atoms. The highest BCUT2D eigenvalue weighted by Gasteiger charge is 2.24. The van der Waals surface area contributed by atoms with Crippen molar-refractivity contribution in [2.45, 2.75) is 27.3 Å². The normalized spacial score (nSPS) is 10.7. The maximum atomic E-state index is 11.0. The van der Waals surface area contributed by atoms with Gasteiger partial charge in [-0.25, -0.2) is 4.68 Å². The van der Waals surface area contributed by atoms with Gasteiger partial charge in [-0.05, 0) is 20.8 Å². The molecule has 102 valence electrons. The van der Waals surface area contributed by atoms with E-state index in [1.165, 1.54) is 4.68 Å². The minimum Gasteiger partial charge on any atom is -0.361 e. The highest BCUT2D eigenvalue weighted by Crippen LogP contribution is 2.28. The van der Waals surface area contributed by atoms with Gasteiger partial charge in [-0.3, -0.25) is 10.1 Å². The molecule has 0 aromatic carbocycles. The molecule has 1 N–H and O–H groups in total. The summed E-state index contributed by atoms with van der Waals surface area (Å²) in [6, 6.07) is 0. The number of aryl methyl sites for hydroxylation is 4. The molecule has 2 aromatic rings. The van der Waals surface area contributed by atoms with E-state index in [4.69, 9.17) is 4.52 Å². The third-order valence-electron chi connectivity index (χ3n) is 2.99. The molecule has 8 heteroatoms. The number of hydrogen-bond donors (Lipinski definition) is 1. The van der Waals surface area contributed by atoms with Crippen molar-refractivity contribution >= 4 is 11.5 Å². The molecular weight excluding hydrogens is 250 g/mol. The molecule has 0 unspecified atom stereocenters. The molecule has 0 saturated heterocycles. The van der Waals surface area contributed by atoms with Crippen LogP contribution in [0.2, 0.25) is 0 Å². The minimum absolute atomic E-state index is 0.00531. The molecule has 2 rings (SSSR count). The molecule has 0 aliphatic carbocycles. The SMILES string of the molecule is Cc1noc(C)c1CNc1c([N+](=O)[O-])c(C)nn1C. The molecule has 2 aromatic heterocycles. The van der Waals surface area contributed by atoms with E-state index >= 15 is 0 Å². The van der Waals surface area contributed by atoms with Crippen LogP contribution < -0.4 is 5.32 Å². The third-order valence-corrected chi connectivity index (χ3v) is 2.99. The Morgan fingerprint density at radius 1 is 1.37 bits per heavy atom. The molecule has 0 fully saturated rings. The smallest absolute Gasteiger partial charge is 0.333 e. The molecule has 0 saturated carbocycles. The van der Waals surface area contributed by atoms with Gasteiger partial charge in [0.15, 0.2) is 0 Å². The Morgan fingerprint density at radius 3 is 2.58 bits per heavy atom. The molecular formula is C11H15N5O3. The van der Waals surface area contributed by atoms with Gasteiger partial charge in [0.1, 0.15) is 11.5 Å². The Bertz CT molecular complexity index is 609. The first-order valence-electron chi connectivity index (χ1n) is 5.75. The maximum Gasteiger partial charge on any atom is 0.333 e. The van der Waals surface area contributed by atoms with Crippen LogP contribution in [0.4, 0.5) is 11.5 Å². The lowest BCUT2D eigenvalue weighted by molar-refractivity contribution is -0.384. The molecule has 0 amide bonds. The third kappa shape index (κ3) is 2.28. The summed E-state index contributed by atoms with van der Waals surface area (Å²) >= 11 is 0. The Balaban J connectivity index is 2.27. The van der Waals surface area contributed by atoms with E-state index in [1.54, 1.807) is 20.9 Å². The topological polar surface area (TPSA) is 99.0 Å². The van der Waals surface area contributed by atoms with Gasteiger partial charge in [-0.1, -0.05) is 5.16 Å². The fourth-order valence-electron chi connectivity index (χ4n) is 1.99. The molecule has 0 bridgehead atoms. The highest BCUT2D eigenvalue weighted by atomic mass is 16.6. The Morgan fingerprint density at radius 2 is 2.05 bits per heavy atom. The molecule has 0 atom stereocenters. The number of rotatable bonds is 4. The summed E-state index contributed by atoms with van der Waals surface area (Å²) in [5, 5.41) is 22.0. The van der Waals surface area contributed by atoms with Crippen LogP contribution in [-0.2, 0) is 13.6 Å². The highest BCUT2D eigenvalue weighted by molar-refractivity contribution is 5.59. The van der Waals surface area contributed by atoms with Crippen molar-refractivity contribution in [1.29, 1.82) is 0 Å². The molecule has 0 radical (unpaired) electrons. The lowest BCUT2D eigenvalue weighted by Crippen LogP contribution is -2.07. The van der Waals surface area contributed by atoms with Crippen molar-refractivity contribution in [3.05, 3.63) is 32.8 Å². The van der Waals surface area contributed by atoms with Crippen LogP contribution in [0.1, 0.15) is 22.7 Å². The summed E-state index contributed by atoms with van der Waals surface area (Å²) in [5.41, 5.74) is 2.04. The zero-order chi connectivity index (χ0) is 14.2. The number of nitro groups is 1. The van der Waals surface area contributed by atoms with Crippen molar-refractivity contribution in [2.75, 3.05) is 5.32 Å². The van der Waals surface area contributed by atoms with Gasteiger partial charge in [0, 0.05) is 19.2 Å². The van der Waals surface area contributed by atoms with Crippen LogP contribution in [0.25, 0.3) is 0 Å². The second-order valence-corrected chi connectivity index (χ2v) is 4.32. The zero-order valence-electron chi connectivity index (χ0n) is 11.2. The first kappa shape index (κ1) is 13.1. The molecule has 8 nitrogen and oxygen atoms in total. The largest absolute Gasteiger partial charge is 0.361 e. The van der Waals surface area contributed by atoms with Gasteiger partial charge in [-0.15, -0.1) is 0 Å². The van der Waals surface area contributed by atoms with E-state index in [-0.39, 0.29) is 5.69 Å². The average molecular weight is 265 g/mol. The summed E-state index contributed by atoms with van der Waals surface area (Å²) in [6.45, 7) is 5.65. The van der Waals surface area contributed by atoms with E-state index in [0.717, 1.165) is 11.3 Å². The van der Waals surface area contributed by atoms with Crippen LogP contribution >= 0.6 is 0 Å². The molecule has 0 aliphatic rings. The van der Waals surface area contributed by atoms with Crippen LogP contribution in [0.3, 0.4) is 0 Å². The van der Waals surface area contributed by atoms with Gasteiger partial charge in [0.25, 0.3) is 0 Å². The van der Waals surface area contributed by atoms with Gasteiger partial charge in [0.2, 0.25) is 5.82 Å². The van der Waals surface area contributed by atoms with Crippen molar-refractivity contribution < 1.29 is 9.45 Å². The van der Waals surface area contributed by atoms with E-state index in [9.17, 15) is 10.1 Å². The van der Waals surface area contributed by atoms with E-state index in [2.05, 4.69) is 15.6 Å². The maximum absolute atomic E-state index is 11.0. The van der Waals surface area contributed by atoms with Gasteiger partial charge in [0.05, 0.1) is 10.6 Å². The number of nitrogens with one attached hydrogen (secondary N) is 1. The van der Waals surface area contributed by atoms with Crippen LogP contribution in [0.15, 0.2) is 4.52 Å². The quantitative estimate of drug-likeness (QED) is 0.669. The molecule has 2 heterocycles. The molecule has 0 spiro atoms.